The van der Waals surface area contributed by atoms with E-state index >= 15 is 0 Å². The van der Waals surface area contributed by atoms with Gasteiger partial charge in [-0.3, -0.25) is 4.68 Å². The van der Waals surface area contributed by atoms with Crippen LogP contribution in [0.5, 0.6) is 0 Å². The number of nitrogens with one attached hydrogen (secondary N) is 1. The second kappa shape index (κ2) is 5.85. The van der Waals surface area contributed by atoms with Gasteiger partial charge in [-0.1, -0.05) is 6.07 Å². The zero-order valence-electron chi connectivity index (χ0n) is 10.3. The van der Waals surface area contributed by atoms with Crippen molar-refractivity contribution < 1.29 is 13.9 Å². The highest BCUT2D eigenvalue weighted by Crippen LogP contribution is 2.17. The van der Waals surface area contributed by atoms with E-state index in [1.165, 1.54) is 6.07 Å². The molecule has 2 aromatic rings. The molecule has 0 aliphatic heterocycles. The van der Waals surface area contributed by atoms with Gasteiger partial charge in [0.25, 0.3) is 0 Å². The summed E-state index contributed by atoms with van der Waals surface area (Å²) in [5.41, 5.74) is 0.0582. The number of benzene rings is 1. The topological polar surface area (TPSA) is 63.0 Å². The molecule has 0 amide bonds. The summed E-state index contributed by atoms with van der Waals surface area (Å²) < 4.78 is 27.7. The van der Waals surface area contributed by atoms with Crippen LogP contribution in [0.15, 0.2) is 24.5 Å². The zero-order valence-corrected chi connectivity index (χ0v) is 10.3. The molecule has 5 nitrogen and oxygen atoms in total. The number of rotatable bonds is 5. The summed E-state index contributed by atoms with van der Waals surface area (Å²) >= 11 is 0. The van der Waals surface area contributed by atoms with Crippen LogP contribution in [0.2, 0.25) is 0 Å². The van der Waals surface area contributed by atoms with E-state index in [1.54, 1.807) is 18.1 Å². The van der Waals surface area contributed by atoms with Gasteiger partial charge in [-0.15, -0.1) is 0 Å². The molecular formula is C12H14F2N4O. The molecule has 2 N–H and O–H groups in total. The predicted molar refractivity (Wildman–Crippen MR) is 64.0 cm³/mol. The number of aryl methyl sites for hydroxylation is 1. The Kier molecular flexibility index (Phi) is 4.18. The van der Waals surface area contributed by atoms with Gasteiger partial charge in [0, 0.05) is 25.2 Å². The van der Waals surface area contributed by atoms with E-state index in [1.807, 2.05) is 0 Å². The molecule has 0 bridgehead atoms. The van der Waals surface area contributed by atoms with Gasteiger partial charge in [-0.05, 0) is 6.07 Å². The normalized spacial score (nSPS) is 12.6. The Morgan fingerprint density at radius 2 is 2.21 bits per heavy atom. The number of nitrogens with zero attached hydrogens (tertiary/aromatic N) is 3. The summed E-state index contributed by atoms with van der Waals surface area (Å²) in [6.07, 6.45) is 0.511. The Labute approximate surface area is 108 Å². The smallest absolute Gasteiger partial charge is 0.164 e. The average Bonchev–Trinajstić information content (AvgIpc) is 2.75. The molecular weight excluding hydrogens is 254 g/mol. The Bertz CT molecular complexity index is 558. The lowest BCUT2D eigenvalue weighted by molar-refractivity contribution is 0.169. The second-order valence-corrected chi connectivity index (χ2v) is 4.15. The van der Waals surface area contributed by atoms with E-state index in [9.17, 15) is 13.9 Å². The van der Waals surface area contributed by atoms with E-state index in [-0.39, 0.29) is 12.1 Å². The maximum absolute atomic E-state index is 13.4. The van der Waals surface area contributed by atoms with Crippen molar-refractivity contribution in [2.75, 3.05) is 6.54 Å². The van der Waals surface area contributed by atoms with Crippen LogP contribution in [0.4, 0.5) is 8.78 Å². The molecule has 1 unspecified atom stereocenters. The molecule has 0 fully saturated rings. The molecule has 0 saturated carbocycles. The molecule has 2 rings (SSSR count). The maximum atomic E-state index is 13.4. The molecule has 1 aromatic heterocycles. The number of aliphatic hydroxyl groups is 1. The fraction of sp³-hybridized carbons (Fsp3) is 0.333. The van der Waals surface area contributed by atoms with E-state index in [0.717, 1.165) is 12.1 Å². The van der Waals surface area contributed by atoms with Crippen molar-refractivity contribution in [3.63, 3.8) is 0 Å². The van der Waals surface area contributed by atoms with E-state index in [2.05, 4.69) is 15.4 Å². The summed E-state index contributed by atoms with van der Waals surface area (Å²) in [6.45, 7) is 0.488. The third-order valence-corrected chi connectivity index (χ3v) is 2.59. The molecule has 0 aliphatic carbocycles. The number of aliphatic hydroxyl groups excluding tert-OH is 1. The summed E-state index contributed by atoms with van der Waals surface area (Å²) in [4.78, 5) is 4.00. The molecule has 0 radical (unpaired) electrons. The summed E-state index contributed by atoms with van der Waals surface area (Å²) in [6, 6.07) is 3.09. The largest absolute Gasteiger partial charge is 0.387 e. The van der Waals surface area contributed by atoms with Crippen LogP contribution >= 0.6 is 0 Å². The number of aromatic nitrogens is 3. The van der Waals surface area contributed by atoms with Gasteiger partial charge < -0.3 is 10.4 Å². The fourth-order valence-electron chi connectivity index (χ4n) is 1.67. The monoisotopic (exact) mass is 268 g/mol. The Hall–Kier alpha value is -1.86. The minimum atomic E-state index is -1.05. The summed E-state index contributed by atoms with van der Waals surface area (Å²) in [5, 5.41) is 16.8. The first kappa shape index (κ1) is 13.6. The highest BCUT2D eigenvalue weighted by molar-refractivity contribution is 5.21. The molecule has 19 heavy (non-hydrogen) atoms. The third-order valence-electron chi connectivity index (χ3n) is 2.59. The SMILES string of the molecule is Cn1cnc(CNCC(O)c2ccc(F)cc2F)n1. The molecule has 102 valence electrons. The molecule has 0 spiro atoms. The summed E-state index contributed by atoms with van der Waals surface area (Å²) in [5.74, 6) is -0.848. The van der Waals surface area contributed by atoms with E-state index in [0.29, 0.717) is 12.4 Å². The number of halogens is 2. The van der Waals surface area contributed by atoms with E-state index < -0.39 is 17.7 Å². The highest BCUT2D eigenvalue weighted by Gasteiger charge is 2.13. The Morgan fingerprint density at radius 1 is 1.42 bits per heavy atom. The van der Waals surface area contributed by atoms with E-state index in [4.69, 9.17) is 0 Å². The van der Waals surface area contributed by atoms with Gasteiger partial charge in [0.2, 0.25) is 0 Å². The van der Waals surface area contributed by atoms with Crippen LogP contribution in [0.1, 0.15) is 17.5 Å². The first-order valence-corrected chi connectivity index (χ1v) is 5.74. The lowest BCUT2D eigenvalue weighted by atomic mass is 10.1. The number of hydrogen-bond donors (Lipinski definition) is 2. The third kappa shape index (κ3) is 3.55. The Morgan fingerprint density at radius 3 is 2.84 bits per heavy atom. The second-order valence-electron chi connectivity index (χ2n) is 4.15. The molecule has 0 saturated heterocycles. The van der Waals surface area contributed by atoms with Crippen molar-refractivity contribution in [3.05, 3.63) is 47.5 Å². The van der Waals surface area contributed by atoms with Gasteiger partial charge in [0.1, 0.15) is 18.0 Å². The van der Waals surface area contributed by atoms with Gasteiger partial charge in [0.05, 0.1) is 12.6 Å². The van der Waals surface area contributed by atoms with Crippen molar-refractivity contribution in [2.45, 2.75) is 12.6 Å². The molecule has 0 aliphatic rings. The molecule has 7 heteroatoms. The first-order chi connectivity index (χ1) is 9.06. The number of hydrogen-bond acceptors (Lipinski definition) is 4. The van der Waals surface area contributed by atoms with Gasteiger partial charge in [-0.2, -0.15) is 5.10 Å². The minimum Gasteiger partial charge on any atom is -0.387 e. The molecule has 1 aromatic carbocycles. The highest BCUT2D eigenvalue weighted by atomic mass is 19.1. The van der Waals surface area contributed by atoms with Crippen molar-refractivity contribution in [3.8, 4) is 0 Å². The maximum Gasteiger partial charge on any atom is 0.164 e. The fourth-order valence-corrected chi connectivity index (χ4v) is 1.67. The van der Waals surface area contributed by atoms with Crippen LogP contribution in [-0.2, 0) is 13.6 Å². The van der Waals surface area contributed by atoms with Crippen molar-refractivity contribution in [2.24, 2.45) is 7.05 Å². The van der Waals surface area contributed by atoms with Crippen molar-refractivity contribution in [1.82, 2.24) is 20.1 Å². The lowest BCUT2D eigenvalue weighted by Crippen LogP contribution is -2.22. The van der Waals surface area contributed by atoms with Crippen LogP contribution in [-0.4, -0.2) is 26.4 Å². The van der Waals surface area contributed by atoms with Crippen LogP contribution in [0, 0.1) is 11.6 Å². The van der Waals surface area contributed by atoms with Crippen LogP contribution in [0.25, 0.3) is 0 Å². The Balaban J connectivity index is 1.88. The summed E-state index contributed by atoms with van der Waals surface area (Å²) in [7, 11) is 1.75. The van der Waals surface area contributed by atoms with Gasteiger partial charge in [0.15, 0.2) is 5.82 Å². The van der Waals surface area contributed by atoms with Crippen LogP contribution in [0.3, 0.4) is 0 Å². The lowest BCUT2D eigenvalue weighted by Gasteiger charge is -2.12. The van der Waals surface area contributed by atoms with Gasteiger partial charge >= 0.3 is 0 Å². The standard InChI is InChI=1S/C12H14F2N4O/c1-18-7-16-12(17-18)6-15-5-11(19)9-3-2-8(13)4-10(9)14/h2-4,7,11,15,19H,5-6H2,1H3. The first-order valence-electron chi connectivity index (χ1n) is 5.74. The minimum absolute atomic E-state index is 0.0582. The van der Waals surface area contributed by atoms with Crippen molar-refractivity contribution in [1.29, 1.82) is 0 Å². The average molecular weight is 268 g/mol. The quantitative estimate of drug-likeness (QED) is 0.846. The zero-order chi connectivity index (χ0) is 13.8. The van der Waals surface area contributed by atoms with Crippen LogP contribution < -0.4 is 5.32 Å². The molecule has 1 heterocycles. The van der Waals surface area contributed by atoms with Crippen molar-refractivity contribution >= 4 is 0 Å². The van der Waals surface area contributed by atoms with Gasteiger partial charge in [-0.25, -0.2) is 13.8 Å². The molecule has 1 atom stereocenters. The predicted octanol–water partition coefficient (Wildman–Crippen LogP) is 0.916.